The number of halogens is 1. The summed E-state index contributed by atoms with van der Waals surface area (Å²) in [5, 5.41) is 2.97. The number of fused-ring (bicyclic) bond motifs is 1. The average Bonchev–Trinajstić information content (AvgIpc) is 3.37. The number of carbonyl (C=O) groups is 2. The molecule has 29 heavy (non-hydrogen) atoms. The van der Waals surface area contributed by atoms with Gasteiger partial charge in [0.05, 0.1) is 7.11 Å². The Morgan fingerprint density at radius 3 is 2.72 bits per heavy atom. The summed E-state index contributed by atoms with van der Waals surface area (Å²) in [6, 6.07) is 13.8. The van der Waals surface area contributed by atoms with Crippen molar-refractivity contribution < 1.29 is 19.1 Å². The third kappa shape index (κ3) is 3.97. The molecule has 4 rings (SSSR count). The number of thiazole rings is 1. The fourth-order valence-electron chi connectivity index (χ4n) is 3.24. The summed E-state index contributed by atoms with van der Waals surface area (Å²) in [7, 11) is 1.32. The number of hydrogen-bond donors (Lipinski definition) is 0. The molecular formula is C21H17ClN2O4S. The second-order valence-electron chi connectivity index (χ2n) is 6.42. The number of ether oxygens (including phenoxy) is 2. The minimum Gasteiger partial charge on any atom is -0.486 e. The Bertz CT molecular complexity index is 1050. The van der Waals surface area contributed by atoms with Gasteiger partial charge in [-0.25, -0.2) is 9.78 Å². The van der Waals surface area contributed by atoms with Crippen LogP contribution in [0, 0.1) is 0 Å². The molecule has 2 heterocycles. The molecule has 0 N–H and O–H groups in total. The van der Waals surface area contributed by atoms with Crippen molar-refractivity contribution in [3.8, 4) is 5.75 Å². The highest BCUT2D eigenvalue weighted by Crippen LogP contribution is 2.34. The fourth-order valence-corrected chi connectivity index (χ4v) is 4.04. The van der Waals surface area contributed by atoms with E-state index in [1.165, 1.54) is 23.3 Å². The Kier molecular flexibility index (Phi) is 5.51. The molecule has 0 saturated heterocycles. The molecule has 0 radical (unpaired) electrons. The maximum absolute atomic E-state index is 13.2. The van der Waals surface area contributed by atoms with Crippen molar-refractivity contribution in [3.63, 3.8) is 0 Å². The molecule has 0 bridgehead atoms. The largest absolute Gasteiger partial charge is 0.486 e. The summed E-state index contributed by atoms with van der Waals surface area (Å²) in [6.45, 7) is 0.233. The van der Waals surface area contributed by atoms with Crippen LogP contribution in [0.2, 0.25) is 5.02 Å². The van der Waals surface area contributed by atoms with E-state index in [1.807, 2.05) is 24.3 Å². The van der Waals surface area contributed by atoms with E-state index in [0.717, 1.165) is 5.56 Å². The third-order valence-corrected chi connectivity index (χ3v) is 5.69. The lowest BCUT2D eigenvalue weighted by Gasteiger charge is -2.22. The first-order chi connectivity index (χ1) is 14.1. The summed E-state index contributed by atoms with van der Waals surface area (Å²) in [4.78, 5) is 31.3. The van der Waals surface area contributed by atoms with Crippen molar-refractivity contribution in [1.29, 1.82) is 0 Å². The monoisotopic (exact) mass is 428 g/mol. The van der Waals surface area contributed by atoms with Crippen LogP contribution >= 0.6 is 22.9 Å². The molecule has 0 spiro atoms. The van der Waals surface area contributed by atoms with Gasteiger partial charge in [-0.3, -0.25) is 9.69 Å². The van der Waals surface area contributed by atoms with Gasteiger partial charge in [0.2, 0.25) is 0 Å². The van der Waals surface area contributed by atoms with Crippen molar-refractivity contribution >= 4 is 40.5 Å². The number of aromatic nitrogens is 1. The van der Waals surface area contributed by atoms with Gasteiger partial charge >= 0.3 is 5.97 Å². The molecule has 1 aliphatic heterocycles. The van der Waals surface area contributed by atoms with Crippen LogP contribution in [0.4, 0.5) is 5.69 Å². The number of para-hydroxylation sites is 1. The minimum absolute atomic E-state index is 0.233. The van der Waals surface area contributed by atoms with E-state index in [1.54, 1.807) is 29.6 Å². The number of rotatable bonds is 5. The van der Waals surface area contributed by atoms with E-state index in [9.17, 15) is 9.59 Å². The second-order valence-corrected chi connectivity index (χ2v) is 7.80. The summed E-state index contributed by atoms with van der Waals surface area (Å²) in [6.07, 6.45) is 0.422. The van der Waals surface area contributed by atoms with Crippen LogP contribution < -0.4 is 9.64 Å². The molecule has 0 saturated carbocycles. The molecule has 148 valence electrons. The lowest BCUT2D eigenvalue weighted by molar-refractivity contribution is -0.141. The quantitative estimate of drug-likeness (QED) is 0.572. The molecular weight excluding hydrogens is 412 g/mol. The Hall–Kier alpha value is -2.90. The van der Waals surface area contributed by atoms with Gasteiger partial charge in [-0.2, -0.15) is 0 Å². The number of nitrogens with zero attached hydrogens (tertiary/aromatic N) is 2. The fraction of sp³-hybridized carbons (Fsp3) is 0.190. The van der Waals surface area contributed by atoms with E-state index in [-0.39, 0.29) is 18.2 Å². The van der Waals surface area contributed by atoms with Gasteiger partial charge < -0.3 is 9.47 Å². The number of methoxy groups -OCH3 is 1. The number of benzene rings is 2. The zero-order chi connectivity index (χ0) is 20.4. The number of amides is 1. The summed E-state index contributed by atoms with van der Waals surface area (Å²) >= 11 is 7.20. The van der Waals surface area contributed by atoms with Crippen LogP contribution in [-0.4, -0.2) is 30.0 Å². The predicted molar refractivity (Wildman–Crippen MR) is 111 cm³/mol. The number of carbonyl (C=O) groups excluding carboxylic acids is 2. The first-order valence-corrected chi connectivity index (χ1v) is 10.1. The Balaban J connectivity index is 1.52. The van der Waals surface area contributed by atoms with Gasteiger partial charge in [0.15, 0.2) is 0 Å². The highest BCUT2D eigenvalue weighted by Gasteiger charge is 2.40. The highest BCUT2D eigenvalue weighted by atomic mass is 35.5. The maximum atomic E-state index is 13.2. The second kappa shape index (κ2) is 8.23. The molecule has 1 amide bonds. The summed E-state index contributed by atoms with van der Waals surface area (Å²) in [5.74, 6) is -0.118. The molecule has 1 unspecified atom stereocenters. The van der Waals surface area contributed by atoms with Gasteiger partial charge in [0, 0.05) is 22.5 Å². The lowest BCUT2D eigenvalue weighted by atomic mass is 10.1. The van der Waals surface area contributed by atoms with Gasteiger partial charge in [0.25, 0.3) is 5.91 Å². The van der Waals surface area contributed by atoms with Crippen molar-refractivity contribution in [2.24, 2.45) is 0 Å². The van der Waals surface area contributed by atoms with Crippen molar-refractivity contribution in [1.82, 2.24) is 4.98 Å². The molecule has 1 atom stereocenters. The number of hydrogen-bond acceptors (Lipinski definition) is 6. The van der Waals surface area contributed by atoms with Crippen LogP contribution in [0.1, 0.15) is 21.1 Å². The van der Waals surface area contributed by atoms with Crippen molar-refractivity contribution in [3.05, 3.63) is 75.2 Å². The van der Waals surface area contributed by atoms with Crippen LogP contribution in [0.5, 0.6) is 5.75 Å². The molecule has 1 aliphatic rings. The van der Waals surface area contributed by atoms with Crippen molar-refractivity contribution in [2.75, 3.05) is 12.0 Å². The topological polar surface area (TPSA) is 68.7 Å². The summed E-state index contributed by atoms with van der Waals surface area (Å²) in [5.41, 5.74) is 1.91. The molecule has 1 aromatic heterocycles. The molecule has 0 fully saturated rings. The molecule has 6 nitrogen and oxygen atoms in total. The van der Waals surface area contributed by atoms with Crippen LogP contribution in [0.3, 0.4) is 0 Å². The molecule has 3 aromatic rings. The lowest BCUT2D eigenvalue weighted by Crippen LogP contribution is -2.43. The van der Waals surface area contributed by atoms with Crippen LogP contribution in [-0.2, 0) is 22.6 Å². The first kappa shape index (κ1) is 19.4. The first-order valence-electron chi connectivity index (χ1n) is 8.89. The summed E-state index contributed by atoms with van der Waals surface area (Å²) < 4.78 is 10.6. The Morgan fingerprint density at radius 2 is 1.97 bits per heavy atom. The molecule has 0 aliphatic carbocycles. The normalized spacial score (nSPS) is 15.1. The number of anilines is 1. The number of esters is 1. The zero-order valence-corrected chi connectivity index (χ0v) is 17.1. The molecule has 8 heteroatoms. The van der Waals surface area contributed by atoms with Crippen molar-refractivity contribution in [2.45, 2.75) is 19.1 Å². The standard InChI is InChI=1S/C21H17ClN2O4S/c1-27-21(26)18-10-13-4-2-3-5-17(13)24(18)20(25)16-12-29-19(23-16)11-28-15-8-6-14(22)7-9-15/h2-9,12,18H,10-11H2,1H3. The van der Waals surface area contributed by atoms with Gasteiger partial charge in [-0.15, -0.1) is 11.3 Å². The third-order valence-electron chi connectivity index (χ3n) is 4.61. The minimum atomic E-state index is -0.694. The van der Waals surface area contributed by atoms with Gasteiger partial charge in [0.1, 0.15) is 29.1 Å². The van der Waals surface area contributed by atoms with E-state index in [0.29, 0.717) is 27.9 Å². The Labute approximate surface area is 176 Å². The average molecular weight is 429 g/mol. The van der Waals surface area contributed by atoms with Gasteiger partial charge in [-0.05, 0) is 35.9 Å². The van der Waals surface area contributed by atoms with E-state index in [2.05, 4.69) is 4.98 Å². The van der Waals surface area contributed by atoms with E-state index in [4.69, 9.17) is 21.1 Å². The molecule has 2 aromatic carbocycles. The van der Waals surface area contributed by atoms with Gasteiger partial charge in [-0.1, -0.05) is 29.8 Å². The SMILES string of the molecule is COC(=O)C1Cc2ccccc2N1C(=O)c1csc(COc2ccc(Cl)cc2)n1. The van der Waals surface area contributed by atoms with E-state index >= 15 is 0 Å². The zero-order valence-electron chi connectivity index (χ0n) is 15.5. The highest BCUT2D eigenvalue weighted by molar-refractivity contribution is 7.09. The van der Waals surface area contributed by atoms with Crippen LogP contribution in [0.15, 0.2) is 53.9 Å². The smallest absolute Gasteiger partial charge is 0.329 e. The Morgan fingerprint density at radius 1 is 1.21 bits per heavy atom. The predicted octanol–water partition coefficient (Wildman–Crippen LogP) is 4.12. The van der Waals surface area contributed by atoms with Crippen LogP contribution in [0.25, 0.3) is 0 Å². The van der Waals surface area contributed by atoms with E-state index < -0.39 is 12.0 Å². The maximum Gasteiger partial charge on any atom is 0.329 e.